The van der Waals surface area contributed by atoms with Gasteiger partial charge >= 0.3 is 0 Å². The molecule has 1 atom stereocenters. The summed E-state index contributed by atoms with van der Waals surface area (Å²) in [5, 5.41) is 9.57. The fraction of sp³-hybridized carbons (Fsp3) is 0.769. The van der Waals surface area contributed by atoms with Gasteiger partial charge in [-0.2, -0.15) is 0 Å². The Bertz CT molecular complexity index is 205. The first-order valence-corrected chi connectivity index (χ1v) is 5.70. The SMILES string of the molecule is CCCCC(=C=C(C)C)C[C@@H](O)CC. The minimum atomic E-state index is -0.186. The molecule has 1 nitrogen and oxygen atoms in total. The quantitative estimate of drug-likeness (QED) is 0.640. The van der Waals surface area contributed by atoms with Crippen LogP contribution < -0.4 is 0 Å². The van der Waals surface area contributed by atoms with Crippen LogP contribution in [0.3, 0.4) is 0 Å². The van der Waals surface area contributed by atoms with Crippen LogP contribution in [-0.4, -0.2) is 11.2 Å². The fourth-order valence-electron chi connectivity index (χ4n) is 1.39. The summed E-state index contributed by atoms with van der Waals surface area (Å²) in [6, 6.07) is 0. The van der Waals surface area contributed by atoms with Crippen LogP contribution in [0.5, 0.6) is 0 Å². The number of aliphatic hydroxyl groups excluding tert-OH is 1. The Labute approximate surface area is 88.5 Å². The zero-order chi connectivity index (χ0) is 11.0. The Kier molecular flexibility index (Phi) is 7.55. The molecule has 1 heteroatoms. The fourth-order valence-corrected chi connectivity index (χ4v) is 1.39. The lowest BCUT2D eigenvalue weighted by molar-refractivity contribution is 0.169. The van der Waals surface area contributed by atoms with Crippen molar-refractivity contribution >= 4 is 0 Å². The number of aliphatic hydroxyl groups is 1. The van der Waals surface area contributed by atoms with E-state index in [-0.39, 0.29) is 6.10 Å². The molecular formula is C13H24O. The van der Waals surface area contributed by atoms with E-state index in [9.17, 15) is 5.11 Å². The number of rotatable bonds is 6. The minimum absolute atomic E-state index is 0.186. The molecule has 0 fully saturated rings. The number of unbranched alkanes of at least 4 members (excludes halogenated alkanes) is 1. The second kappa shape index (κ2) is 7.84. The summed E-state index contributed by atoms with van der Waals surface area (Å²) in [4.78, 5) is 0. The van der Waals surface area contributed by atoms with E-state index in [1.54, 1.807) is 0 Å². The Hall–Kier alpha value is -0.520. The average Bonchev–Trinajstić information content (AvgIpc) is 2.13. The maximum absolute atomic E-state index is 9.57. The summed E-state index contributed by atoms with van der Waals surface area (Å²) in [5.74, 6) is 0. The summed E-state index contributed by atoms with van der Waals surface area (Å²) >= 11 is 0. The molecule has 0 rings (SSSR count). The number of hydrogen-bond acceptors (Lipinski definition) is 1. The summed E-state index contributed by atoms with van der Waals surface area (Å²) < 4.78 is 0. The van der Waals surface area contributed by atoms with Crippen LogP contribution in [0.1, 0.15) is 59.8 Å². The largest absolute Gasteiger partial charge is 0.393 e. The maximum atomic E-state index is 9.57. The smallest absolute Gasteiger partial charge is 0.0580 e. The molecule has 0 saturated heterocycles. The van der Waals surface area contributed by atoms with E-state index in [0.29, 0.717) is 0 Å². The van der Waals surface area contributed by atoms with Gasteiger partial charge in [-0.25, -0.2) is 0 Å². The van der Waals surface area contributed by atoms with Gasteiger partial charge in [-0.05, 0) is 44.3 Å². The summed E-state index contributed by atoms with van der Waals surface area (Å²) in [7, 11) is 0. The van der Waals surface area contributed by atoms with E-state index < -0.39 is 0 Å². The molecule has 14 heavy (non-hydrogen) atoms. The van der Waals surface area contributed by atoms with E-state index in [4.69, 9.17) is 0 Å². The third kappa shape index (κ3) is 6.94. The Balaban J connectivity index is 4.34. The van der Waals surface area contributed by atoms with Crippen LogP contribution in [0.25, 0.3) is 0 Å². The molecule has 0 saturated carbocycles. The van der Waals surface area contributed by atoms with Crippen LogP contribution in [-0.2, 0) is 0 Å². The van der Waals surface area contributed by atoms with Gasteiger partial charge in [-0.1, -0.05) is 20.3 Å². The third-order valence-corrected chi connectivity index (χ3v) is 2.21. The highest BCUT2D eigenvalue weighted by molar-refractivity contribution is 5.07. The van der Waals surface area contributed by atoms with Gasteiger partial charge < -0.3 is 5.11 Å². The molecule has 0 aliphatic heterocycles. The van der Waals surface area contributed by atoms with Gasteiger partial charge in [0.1, 0.15) is 0 Å². The molecule has 0 aliphatic rings. The van der Waals surface area contributed by atoms with E-state index in [1.165, 1.54) is 24.0 Å². The van der Waals surface area contributed by atoms with Crippen LogP contribution >= 0.6 is 0 Å². The second-order valence-electron chi connectivity index (χ2n) is 4.10. The van der Waals surface area contributed by atoms with Crippen molar-refractivity contribution in [2.75, 3.05) is 0 Å². The van der Waals surface area contributed by atoms with Gasteiger partial charge in [0.05, 0.1) is 6.10 Å². The second-order valence-corrected chi connectivity index (χ2v) is 4.10. The molecule has 0 heterocycles. The Morgan fingerprint density at radius 3 is 2.36 bits per heavy atom. The standard InChI is InChI=1S/C13H24O/c1-5-7-8-12(9-11(3)4)10-13(14)6-2/h13-14H,5-8,10H2,1-4H3/t13-/m0/s1. The molecule has 0 aromatic rings. The van der Waals surface area contributed by atoms with Crippen LogP contribution in [0.15, 0.2) is 16.9 Å². The van der Waals surface area contributed by atoms with E-state index >= 15 is 0 Å². The molecule has 0 amide bonds. The average molecular weight is 196 g/mol. The summed E-state index contributed by atoms with van der Waals surface area (Å²) in [6.07, 6.45) is 4.93. The first kappa shape index (κ1) is 13.5. The van der Waals surface area contributed by atoms with E-state index in [2.05, 4.69) is 26.5 Å². The monoisotopic (exact) mass is 196 g/mol. The van der Waals surface area contributed by atoms with Gasteiger partial charge in [0.2, 0.25) is 0 Å². The van der Waals surface area contributed by atoms with Crippen molar-refractivity contribution in [3.8, 4) is 0 Å². The summed E-state index contributed by atoms with van der Waals surface area (Å²) in [5.41, 5.74) is 5.84. The van der Waals surface area contributed by atoms with Crippen molar-refractivity contribution in [1.29, 1.82) is 0 Å². The van der Waals surface area contributed by atoms with Gasteiger partial charge in [0.25, 0.3) is 0 Å². The van der Waals surface area contributed by atoms with Crippen molar-refractivity contribution in [2.24, 2.45) is 0 Å². The van der Waals surface area contributed by atoms with Crippen LogP contribution in [0, 0.1) is 0 Å². The number of hydrogen-bond donors (Lipinski definition) is 1. The molecule has 82 valence electrons. The molecule has 0 bridgehead atoms. The molecule has 0 unspecified atom stereocenters. The van der Waals surface area contributed by atoms with E-state index in [0.717, 1.165) is 19.3 Å². The molecule has 0 radical (unpaired) electrons. The van der Waals surface area contributed by atoms with Crippen molar-refractivity contribution in [2.45, 2.75) is 65.9 Å². The first-order valence-electron chi connectivity index (χ1n) is 5.70. The molecule has 1 N–H and O–H groups in total. The predicted molar refractivity (Wildman–Crippen MR) is 62.3 cm³/mol. The molecule has 0 aromatic heterocycles. The lowest BCUT2D eigenvalue weighted by atomic mass is 10.0. The minimum Gasteiger partial charge on any atom is -0.393 e. The Morgan fingerprint density at radius 2 is 1.93 bits per heavy atom. The first-order chi connectivity index (χ1) is 6.60. The van der Waals surface area contributed by atoms with Gasteiger partial charge in [-0.3, -0.25) is 0 Å². The molecule has 0 aromatic carbocycles. The van der Waals surface area contributed by atoms with Gasteiger partial charge in [-0.15, -0.1) is 5.73 Å². The highest BCUT2D eigenvalue weighted by atomic mass is 16.3. The zero-order valence-corrected chi connectivity index (χ0v) is 10.1. The Morgan fingerprint density at radius 1 is 1.29 bits per heavy atom. The predicted octanol–water partition coefficient (Wildman–Crippen LogP) is 3.83. The van der Waals surface area contributed by atoms with Crippen LogP contribution in [0.4, 0.5) is 0 Å². The van der Waals surface area contributed by atoms with Gasteiger partial charge in [0, 0.05) is 6.42 Å². The lowest BCUT2D eigenvalue weighted by Crippen LogP contribution is -2.05. The molecular weight excluding hydrogens is 172 g/mol. The summed E-state index contributed by atoms with van der Waals surface area (Å²) in [6.45, 7) is 8.33. The zero-order valence-electron chi connectivity index (χ0n) is 10.1. The third-order valence-electron chi connectivity index (χ3n) is 2.21. The van der Waals surface area contributed by atoms with Crippen molar-refractivity contribution in [1.82, 2.24) is 0 Å². The maximum Gasteiger partial charge on any atom is 0.0580 e. The molecule has 0 spiro atoms. The topological polar surface area (TPSA) is 20.2 Å². The normalized spacial score (nSPS) is 12.1. The van der Waals surface area contributed by atoms with Gasteiger partial charge in [0.15, 0.2) is 0 Å². The van der Waals surface area contributed by atoms with E-state index in [1.807, 2.05) is 6.92 Å². The van der Waals surface area contributed by atoms with Crippen LogP contribution in [0.2, 0.25) is 0 Å². The van der Waals surface area contributed by atoms with Crippen molar-refractivity contribution in [3.63, 3.8) is 0 Å². The molecule has 0 aliphatic carbocycles. The highest BCUT2D eigenvalue weighted by Crippen LogP contribution is 2.14. The van der Waals surface area contributed by atoms with Crippen molar-refractivity contribution in [3.05, 3.63) is 16.9 Å². The van der Waals surface area contributed by atoms with Crippen molar-refractivity contribution < 1.29 is 5.11 Å². The lowest BCUT2D eigenvalue weighted by Gasteiger charge is -2.09. The highest BCUT2D eigenvalue weighted by Gasteiger charge is 2.04.